The van der Waals surface area contributed by atoms with Gasteiger partial charge in [0.15, 0.2) is 0 Å². The van der Waals surface area contributed by atoms with Crippen molar-refractivity contribution in [1.29, 1.82) is 0 Å². The van der Waals surface area contributed by atoms with E-state index in [-0.39, 0.29) is 18.8 Å². The predicted octanol–water partition coefficient (Wildman–Crippen LogP) is 1.26. The first-order valence-electron chi connectivity index (χ1n) is 4.83. The van der Waals surface area contributed by atoms with Crippen molar-refractivity contribution in [3.8, 4) is 5.75 Å². The third kappa shape index (κ3) is 1.34. The molecule has 0 aromatic heterocycles. The van der Waals surface area contributed by atoms with Gasteiger partial charge in [0.1, 0.15) is 11.9 Å². The van der Waals surface area contributed by atoms with E-state index in [1.54, 1.807) is 0 Å². The summed E-state index contributed by atoms with van der Waals surface area (Å²) in [6.07, 6.45) is -0.130. The summed E-state index contributed by atoms with van der Waals surface area (Å²) < 4.78 is 5.67. The molecule has 0 saturated carbocycles. The molecule has 2 unspecified atom stereocenters. The molecule has 2 rings (SSSR count). The summed E-state index contributed by atoms with van der Waals surface area (Å²) in [7, 11) is 2.02. The van der Waals surface area contributed by atoms with E-state index in [1.807, 2.05) is 31.3 Å². The highest BCUT2D eigenvalue weighted by Crippen LogP contribution is 2.34. The molecule has 76 valence electrons. The predicted molar refractivity (Wildman–Crippen MR) is 55.8 cm³/mol. The van der Waals surface area contributed by atoms with E-state index in [0.29, 0.717) is 0 Å². The number of ether oxygens (including phenoxy) is 1. The van der Waals surface area contributed by atoms with Gasteiger partial charge in [-0.2, -0.15) is 0 Å². The molecule has 0 fully saturated rings. The Morgan fingerprint density at radius 2 is 2.14 bits per heavy atom. The van der Waals surface area contributed by atoms with Crippen molar-refractivity contribution in [2.45, 2.75) is 19.1 Å². The van der Waals surface area contributed by atoms with Crippen LogP contribution in [0.25, 0.3) is 0 Å². The Balaban J connectivity index is 2.37. The molecule has 1 aromatic carbocycles. The minimum Gasteiger partial charge on any atom is -0.484 e. The fourth-order valence-corrected chi connectivity index (χ4v) is 1.77. The lowest BCUT2D eigenvalue weighted by atomic mass is 10.1. The van der Waals surface area contributed by atoms with E-state index in [0.717, 1.165) is 11.4 Å². The van der Waals surface area contributed by atoms with Gasteiger partial charge in [-0.05, 0) is 19.1 Å². The van der Waals surface area contributed by atoms with Gasteiger partial charge in [-0.25, -0.2) is 0 Å². The highest BCUT2D eigenvalue weighted by atomic mass is 16.5. The SMILES string of the molecule is CC1C(CO)Oc2ccccc2N1C. The minimum absolute atomic E-state index is 0.0554. The fourth-order valence-electron chi connectivity index (χ4n) is 1.77. The second kappa shape index (κ2) is 3.50. The number of fused-ring (bicyclic) bond motifs is 1. The quantitative estimate of drug-likeness (QED) is 0.729. The zero-order chi connectivity index (χ0) is 10.1. The standard InChI is InChI=1S/C11H15NO2/c1-8-11(7-13)14-10-6-4-3-5-9(10)12(8)2/h3-6,8,11,13H,7H2,1-2H3. The average Bonchev–Trinajstić information content (AvgIpc) is 2.23. The third-order valence-electron chi connectivity index (χ3n) is 2.85. The summed E-state index contributed by atoms with van der Waals surface area (Å²) in [6, 6.07) is 8.09. The zero-order valence-electron chi connectivity index (χ0n) is 8.47. The van der Waals surface area contributed by atoms with E-state index in [4.69, 9.17) is 9.84 Å². The average molecular weight is 193 g/mol. The number of hydrogen-bond donors (Lipinski definition) is 1. The van der Waals surface area contributed by atoms with Crippen LogP contribution in [-0.2, 0) is 0 Å². The topological polar surface area (TPSA) is 32.7 Å². The minimum atomic E-state index is -0.130. The monoisotopic (exact) mass is 193 g/mol. The zero-order valence-corrected chi connectivity index (χ0v) is 8.47. The number of nitrogens with zero attached hydrogens (tertiary/aromatic N) is 1. The Bertz CT molecular complexity index is 327. The van der Waals surface area contributed by atoms with E-state index < -0.39 is 0 Å². The van der Waals surface area contributed by atoms with Crippen molar-refractivity contribution in [2.75, 3.05) is 18.6 Å². The number of rotatable bonds is 1. The normalized spacial score (nSPS) is 25.5. The molecule has 0 saturated heterocycles. The summed E-state index contributed by atoms with van der Waals surface area (Å²) in [4.78, 5) is 2.14. The van der Waals surface area contributed by atoms with Crippen LogP contribution in [0.15, 0.2) is 24.3 Å². The molecule has 1 aliphatic heterocycles. The van der Waals surface area contributed by atoms with Gasteiger partial charge in [-0.3, -0.25) is 0 Å². The van der Waals surface area contributed by atoms with Crippen molar-refractivity contribution < 1.29 is 9.84 Å². The lowest BCUT2D eigenvalue weighted by molar-refractivity contribution is 0.0889. The maximum absolute atomic E-state index is 9.15. The first-order chi connectivity index (χ1) is 6.74. The Morgan fingerprint density at radius 1 is 1.43 bits per heavy atom. The van der Waals surface area contributed by atoms with Crippen LogP contribution in [0.1, 0.15) is 6.92 Å². The lowest BCUT2D eigenvalue weighted by Crippen LogP contribution is -2.47. The van der Waals surface area contributed by atoms with Crippen molar-refractivity contribution >= 4 is 5.69 Å². The maximum Gasteiger partial charge on any atom is 0.143 e. The van der Waals surface area contributed by atoms with Gasteiger partial charge < -0.3 is 14.7 Å². The maximum atomic E-state index is 9.15. The summed E-state index contributed by atoms with van der Waals surface area (Å²) in [5.74, 6) is 0.854. The molecule has 14 heavy (non-hydrogen) atoms. The Morgan fingerprint density at radius 3 is 2.86 bits per heavy atom. The van der Waals surface area contributed by atoms with Crippen molar-refractivity contribution in [3.63, 3.8) is 0 Å². The molecule has 0 spiro atoms. The molecule has 0 amide bonds. The molecule has 0 bridgehead atoms. The van der Waals surface area contributed by atoms with Crippen LogP contribution < -0.4 is 9.64 Å². The van der Waals surface area contributed by atoms with E-state index in [2.05, 4.69) is 11.8 Å². The largest absolute Gasteiger partial charge is 0.484 e. The van der Waals surface area contributed by atoms with Crippen LogP contribution in [0.3, 0.4) is 0 Å². The van der Waals surface area contributed by atoms with Gasteiger partial charge >= 0.3 is 0 Å². The van der Waals surface area contributed by atoms with E-state index in [9.17, 15) is 0 Å². The summed E-state index contributed by atoms with van der Waals surface area (Å²) in [5, 5.41) is 9.15. The lowest BCUT2D eigenvalue weighted by Gasteiger charge is -2.38. The van der Waals surface area contributed by atoms with Crippen LogP contribution in [-0.4, -0.2) is 30.9 Å². The fraction of sp³-hybridized carbons (Fsp3) is 0.455. The number of para-hydroxylation sites is 2. The molecular weight excluding hydrogens is 178 g/mol. The third-order valence-corrected chi connectivity index (χ3v) is 2.85. The second-order valence-electron chi connectivity index (χ2n) is 3.66. The van der Waals surface area contributed by atoms with Crippen LogP contribution in [0, 0.1) is 0 Å². The van der Waals surface area contributed by atoms with Gasteiger partial charge in [0.25, 0.3) is 0 Å². The van der Waals surface area contributed by atoms with Crippen LogP contribution in [0.4, 0.5) is 5.69 Å². The molecule has 1 aromatic rings. The summed E-state index contributed by atoms with van der Waals surface area (Å²) in [6.45, 7) is 2.11. The number of aliphatic hydroxyl groups is 1. The molecule has 0 radical (unpaired) electrons. The van der Waals surface area contributed by atoms with Crippen LogP contribution in [0.2, 0.25) is 0 Å². The van der Waals surface area contributed by atoms with Gasteiger partial charge in [-0.1, -0.05) is 12.1 Å². The van der Waals surface area contributed by atoms with Gasteiger partial charge in [0.05, 0.1) is 18.3 Å². The smallest absolute Gasteiger partial charge is 0.143 e. The summed E-state index contributed by atoms with van der Waals surface area (Å²) >= 11 is 0. The van der Waals surface area contributed by atoms with Crippen molar-refractivity contribution in [1.82, 2.24) is 0 Å². The first kappa shape index (κ1) is 9.34. The molecular formula is C11H15NO2. The Labute approximate surface area is 83.9 Å². The number of benzene rings is 1. The number of likely N-dealkylation sites (N-methyl/N-ethyl adjacent to an activating group) is 1. The van der Waals surface area contributed by atoms with Crippen LogP contribution >= 0.6 is 0 Å². The van der Waals surface area contributed by atoms with Gasteiger partial charge in [0, 0.05) is 7.05 Å². The first-order valence-corrected chi connectivity index (χ1v) is 4.83. The highest BCUT2D eigenvalue weighted by Gasteiger charge is 2.29. The van der Waals surface area contributed by atoms with Crippen molar-refractivity contribution in [2.24, 2.45) is 0 Å². The molecule has 1 N–H and O–H groups in total. The van der Waals surface area contributed by atoms with Gasteiger partial charge in [-0.15, -0.1) is 0 Å². The van der Waals surface area contributed by atoms with E-state index >= 15 is 0 Å². The number of anilines is 1. The number of hydrogen-bond acceptors (Lipinski definition) is 3. The Hall–Kier alpha value is -1.22. The molecule has 3 heteroatoms. The molecule has 1 heterocycles. The molecule has 0 aliphatic carbocycles. The van der Waals surface area contributed by atoms with Crippen molar-refractivity contribution in [3.05, 3.63) is 24.3 Å². The van der Waals surface area contributed by atoms with E-state index in [1.165, 1.54) is 0 Å². The van der Waals surface area contributed by atoms with Crippen LogP contribution in [0.5, 0.6) is 5.75 Å². The second-order valence-corrected chi connectivity index (χ2v) is 3.66. The highest BCUT2D eigenvalue weighted by molar-refractivity contribution is 5.60. The van der Waals surface area contributed by atoms with Gasteiger partial charge in [0.2, 0.25) is 0 Å². The summed E-state index contributed by atoms with van der Waals surface area (Å²) in [5.41, 5.74) is 1.09. The number of aliphatic hydroxyl groups excluding tert-OH is 1. The Kier molecular flexibility index (Phi) is 2.33. The molecule has 1 aliphatic rings. The molecule has 2 atom stereocenters. The molecule has 3 nitrogen and oxygen atoms in total.